The van der Waals surface area contributed by atoms with Gasteiger partial charge in [0.2, 0.25) is 0 Å². The highest BCUT2D eigenvalue weighted by molar-refractivity contribution is 5.89. The van der Waals surface area contributed by atoms with Gasteiger partial charge >= 0.3 is 0 Å². The van der Waals surface area contributed by atoms with Crippen molar-refractivity contribution >= 4 is 16.7 Å². The monoisotopic (exact) mass is 363 g/mol. The molecule has 0 unspecified atom stereocenters. The Bertz CT molecular complexity index is 900. The zero-order valence-corrected chi connectivity index (χ0v) is 15.9. The molecule has 0 aliphatic heterocycles. The molecule has 0 fully saturated rings. The number of rotatable bonds is 7. The van der Waals surface area contributed by atoms with Gasteiger partial charge in [-0.25, -0.2) is 0 Å². The van der Waals surface area contributed by atoms with Gasteiger partial charge in [0.25, 0.3) is 5.91 Å². The smallest absolute Gasteiger partial charge is 0.261 e. The number of hydrogen-bond donors (Lipinski definition) is 1. The minimum absolute atomic E-state index is 0.127. The number of carbonyl (C=O) groups is 1. The Hall–Kier alpha value is -3.01. The van der Waals surface area contributed by atoms with Crippen LogP contribution >= 0.6 is 0 Å². The first kappa shape index (κ1) is 18.8. The van der Waals surface area contributed by atoms with E-state index in [0.29, 0.717) is 12.4 Å². The average Bonchev–Trinajstić information content (AvgIpc) is 2.68. The maximum Gasteiger partial charge on any atom is 0.261 e. The van der Waals surface area contributed by atoms with Crippen LogP contribution in [-0.4, -0.2) is 24.7 Å². The van der Waals surface area contributed by atoms with Crippen molar-refractivity contribution < 1.29 is 14.3 Å². The Kier molecular flexibility index (Phi) is 5.97. The number of hydrogen-bond acceptors (Lipinski definition) is 3. The number of fused-ring (bicyclic) bond motifs is 1. The summed E-state index contributed by atoms with van der Waals surface area (Å²) >= 11 is 0. The lowest BCUT2D eigenvalue weighted by Gasteiger charge is -2.20. The first-order valence-corrected chi connectivity index (χ1v) is 9.17. The molecule has 3 rings (SSSR count). The van der Waals surface area contributed by atoms with E-state index in [2.05, 4.69) is 5.32 Å². The summed E-state index contributed by atoms with van der Waals surface area (Å²) < 4.78 is 11.6. The fourth-order valence-electron chi connectivity index (χ4n) is 2.80. The van der Waals surface area contributed by atoms with Gasteiger partial charge in [0.05, 0.1) is 6.04 Å². The molecule has 2 atom stereocenters. The highest BCUT2D eigenvalue weighted by Gasteiger charge is 2.18. The Morgan fingerprint density at radius 2 is 1.67 bits per heavy atom. The predicted molar refractivity (Wildman–Crippen MR) is 108 cm³/mol. The third-order valence-corrected chi connectivity index (χ3v) is 4.33. The van der Waals surface area contributed by atoms with E-state index in [1.54, 1.807) is 6.92 Å². The van der Waals surface area contributed by atoms with E-state index in [1.165, 1.54) is 5.56 Å². The number of aryl methyl sites for hydroxylation is 1. The summed E-state index contributed by atoms with van der Waals surface area (Å²) in [6.45, 7) is 6.10. The zero-order chi connectivity index (χ0) is 19.2. The van der Waals surface area contributed by atoms with Crippen molar-refractivity contribution in [2.24, 2.45) is 0 Å². The molecule has 0 saturated heterocycles. The molecule has 0 saturated carbocycles. The van der Waals surface area contributed by atoms with Crippen LogP contribution in [0.1, 0.15) is 19.4 Å². The van der Waals surface area contributed by atoms with E-state index in [4.69, 9.17) is 9.47 Å². The van der Waals surface area contributed by atoms with Gasteiger partial charge in [0, 0.05) is 5.39 Å². The molecule has 0 spiro atoms. The summed E-state index contributed by atoms with van der Waals surface area (Å²) in [5.41, 5.74) is 1.18. The predicted octanol–water partition coefficient (Wildman–Crippen LogP) is 4.50. The van der Waals surface area contributed by atoms with Crippen LogP contribution in [0.25, 0.3) is 10.8 Å². The van der Waals surface area contributed by atoms with Crippen molar-refractivity contribution in [3.8, 4) is 11.5 Å². The van der Waals surface area contributed by atoms with Crippen molar-refractivity contribution in [3.05, 3.63) is 72.3 Å². The highest BCUT2D eigenvalue weighted by atomic mass is 16.5. The molecule has 0 aromatic heterocycles. The molecule has 1 N–H and O–H groups in total. The van der Waals surface area contributed by atoms with Crippen LogP contribution in [0.3, 0.4) is 0 Å². The maximum atomic E-state index is 12.5. The van der Waals surface area contributed by atoms with Crippen molar-refractivity contribution in [3.63, 3.8) is 0 Å². The van der Waals surface area contributed by atoms with Crippen LogP contribution in [-0.2, 0) is 4.79 Å². The standard InChI is InChI=1S/C23H25NO3/c1-16-11-13-20(14-12-16)26-15-17(2)24-23(25)18(3)27-22-10-6-8-19-7-4-5-9-21(19)22/h4-14,17-18H,15H2,1-3H3,(H,24,25)/t17-,18+/m1/s1. The maximum absolute atomic E-state index is 12.5. The summed E-state index contributed by atoms with van der Waals surface area (Å²) in [6.07, 6.45) is -0.599. The molecule has 27 heavy (non-hydrogen) atoms. The van der Waals surface area contributed by atoms with Gasteiger partial charge in [-0.15, -0.1) is 0 Å². The molecule has 0 bridgehead atoms. The second-order valence-corrected chi connectivity index (χ2v) is 6.77. The fourth-order valence-corrected chi connectivity index (χ4v) is 2.80. The van der Waals surface area contributed by atoms with Gasteiger partial charge < -0.3 is 14.8 Å². The minimum Gasteiger partial charge on any atom is -0.491 e. The van der Waals surface area contributed by atoms with E-state index in [0.717, 1.165) is 16.5 Å². The molecule has 0 radical (unpaired) electrons. The van der Waals surface area contributed by atoms with Gasteiger partial charge in [-0.05, 0) is 44.4 Å². The molecular formula is C23H25NO3. The number of ether oxygens (including phenoxy) is 2. The van der Waals surface area contributed by atoms with Gasteiger partial charge in [-0.3, -0.25) is 4.79 Å². The zero-order valence-electron chi connectivity index (χ0n) is 15.9. The van der Waals surface area contributed by atoms with E-state index in [-0.39, 0.29) is 11.9 Å². The van der Waals surface area contributed by atoms with E-state index in [1.807, 2.05) is 80.6 Å². The summed E-state index contributed by atoms with van der Waals surface area (Å²) in [5, 5.41) is 5.02. The topological polar surface area (TPSA) is 47.6 Å². The Balaban J connectivity index is 1.54. The third-order valence-electron chi connectivity index (χ3n) is 4.33. The Labute approximate surface area is 160 Å². The van der Waals surface area contributed by atoms with Crippen LogP contribution in [0.5, 0.6) is 11.5 Å². The molecule has 4 nitrogen and oxygen atoms in total. The lowest BCUT2D eigenvalue weighted by molar-refractivity contribution is -0.128. The van der Waals surface area contributed by atoms with Crippen molar-refractivity contribution in [1.29, 1.82) is 0 Å². The largest absolute Gasteiger partial charge is 0.491 e. The molecule has 4 heteroatoms. The van der Waals surface area contributed by atoms with Crippen LogP contribution in [0.4, 0.5) is 0 Å². The summed E-state index contributed by atoms with van der Waals surface area (Å²) in [4.78, 5) is 12.5. The van der Waals surface area contributed by atoms with Crippen LogP contribution in [0.2, 0.25) is 0 Å². The molecule has 3 aromatic carbocycles. The number of carbonyl (C=O) groups excluding carboxylic acids is 1. The first-order chi connectivity index (χ1) is 13.0. The van der Waals surface area contributed by atoms with Crippen LogP contribution in [0.15, 0.2) is 66.7 Å². The van der Waals surface area contributed by atoms with Crippen LogP contribution < -0.4 is 14.8 Å². The normalized spacial score (nSPS) is 13.0. The molecule has 0 heterocycles. The van der Waals surface area contributed by atoms with Crippen LogP contribution in [0, 0.1) is 6.92 Å². The van der Waals surface area contributed by atoms with Gasteiger partial charge in [0.1, 0.15) is 18.1 Å². The van der Waals surface area contributed by atoms with Crippen molar-refractivity contribution in [2.45, 2.75) is 32.9 Å². The summed E-state index contributed by atoms with van der Waals surface area (Å²) in [7, 11) is 0. The molecular weight excluding hydrogens is 338 g/mol. The SMILES string of the molecule is Cc1ccc(OC[C@@H](C)NC(=O)[C@H](C)Oc2cccc3ccccc23)cc1. The first-order valence-electron chi connectivity index (χ1n) is 9.17. The van der Waals surface area contributed by atoms with Crippen molar-refractivity contribution in [2.75, 3.05) is 6.61 Å². The lowest BCUT2D eigenvalue weighted by Crippen LogP contribution is -2.43. The third kappa shape index (κ3) is 5.00. The number of nitrogens with one attached hydrogen (secondary N) is 1. The molecule has 3 aromatic rings. The molecule has 0 aliphatic carbocycles. The van der Waals surface area contributed by atoms with Gasteiger partial charge in [-0.1, -0.05) is 54.1 Å². The summed E-state index contributed by atoms with van der Waals surface area (Å²) in [5.74, 6) is 1.34. The Morgan fingerprint density at radius 3 is 2.44 bits per heavy atom. The van der Waals surface area contributed by atoms with E-state index in [9.17, 15) is 4.79 Å². The molecule has 1 amide bonds. The highest BCUT2D eigenvalue weighted by Crippen LogP contribution is 2.26. The van der Waals surface area contributed by atoms with Crippen molar-refractivity contribution in [1.82, 2.24) is 5.32 Å². The molecule has 140 valence electrons. The lowest BCUT2D eigenvalue weighted by atomic mass is 10.1. The summed E-state index contributed by atoms with van der Waals surface area (Å²) in [6, 6.07) is 21.5. The minimum atomic E-state index is -0.599. The second-order valence-electron chi connectivity index (χ2n) is 6.77. The Morgan fingerprint density at radius 1 is 0.963 bits per heavy atom. The second kappa shape index (κ2) is 8.58. The van der Waals surface area contributed by atoms with E-state index >= 15 is 0 Å². The van der Waals surface area contributed by atoms with Gasteiger partial charge in [-0.2, -0.15) is 0 Å². The molecule has 0 aliphatic rings. The fraction of sp³-hybridized carbons (Fsp3) is 0.261. The van der Waals surface area contributed by atoms with E-state index < -0.39 is 6.10 Å². The van der Waals surface area contributed by atoms with Gasteiger partial charge in [0.15, 0.2) is 6.10 Å². The quantitative estimate of drug-likeness (QED) is 0.672. The average molecular weight is 363 g/mol. The number of amides is 1. The number of benzene rings is 3.